The van der Waals surface area contributed by atoms with Crippen molar-refractivity contribution in [2.45, 2.75) is 6.37 Å². The zero-order chi connectivity index (χ0) is 24.9. The number of ketones is 1. The predicted octanol–water partition coefficient (Wildman–Crippen LogP) is 2.89. The van der Waals surface area contributed by atoms with E-state index in [9.17, 15) is 9.59 Å². The van der Waals surface area contributed by atoms with Crippen molar-refractivity contribution >= 4 is 33.4 Å². The van der Waals surface area contributed by atoms with E-state index in [0.717, 1.165) is 0 Å². The number of nitrogens with two attached hydrogens (primary N) is 1. The van der Waals surface area contributed by atoms with Crippen molar-refractivity contribution in [3.05, 3.63) is 63.5 Å². The molecule has 0 saturated carbocycles. The first kappa shape index (κ1) is 5.33. The van der Waals surface area contributed by atoms with Crippen molar-refractivity contribution in [1.29, 1.82) is 1.43 Å². The standard InChI is InChI=1S/C15H12BrNO3/c16-11-6-4-9(5-7-11)15(20)12-3-1-2-10(14(12)17)8-13(18)19/h1-7H,8,17H2,(H,18,19)/i1D,2D,3D,4D,5D,6D,7D,8D2/hD3. The fourth-order valence-electron chi connectivity index (χ4n) is 1.29. The van der Waals surface area contributed by atoms with Gasteiger partial charge >= 0.3 is 5.97 Å². The van der Waals surface area contributed by atoms with Crippen molar-refractivity contribution in [2.24, 2.45) is 0 Å². The fraction of sp³-hybridized carbons (Fsp3) is 0.0667. The predicted molar refractivity (Wildman–Crippen MR) is 79.8 cm³/mol. The van der Waals surface area contributed by atoms with Gasteiger partial charge in [0.1, 0.15) is 0 Å². The second-order valence-electron chi connectivity index (χ2n) is 3.40. The maximum Gasteiger partial charge on any atom is 0.307 e. The number of nitrogen functional groups attached to an aromatic ring is 1. The summed E-state index contributed by atoms with van der Waals surface area (Å²) in [7, 11) is 0. The van der Waals surface area contributed by atoms with Gasteiger partial charge in [0.2, 0.25) is 0 Å². The summed E-state index contributed by atoms with van der Waals surface area (Å²) in [6.07, 6.45) is -3.40. The molecule has 0 unspecified atom stereocenters. The number of carboxylic acid groups (broad SMARTS) is 1. The summed E-state index contributed by atoms with van der Waals surface area (Å²) >= 11 is 2.85. The third-order valence-corrected chi connectivity index (χ3v) is 2.52. The van der Waals surface area contributed by atoms with E-state index in [1.54, 1.807) is 0 Å². The number of carboxylic acids is 1. The molecule has 3 N–H and O–H groups in total. The van der Waals surface area contributed by atoms with Gasteiger partial charge in [-0.15, -0.1) is 0 Å². The monoisotopic (exact) mass is 345 g/mol. The Balaban J connectivity index is 3.08. The number of halogens is 1. The Morgan fingerprint density at radius 3 is 2.75 bits per heavy atom. The molecule has 2 rings (SSSR count). The molecule has 0 spiro atoms. The molecule has 0 amide bonds. The molecule has 102 valence electrons. The molecule has 0 aliphatic rings. The topological polar surface area (TPSA) is 80.4 Å². The molecule has 0 fully saturated rings. The molecule has 0 aromatic heterocycles. The zero-order valence-electron chi connectivity index (χ0n) is 21.5. The minimum atomic E-state index is -3.40. The Bertz CT molecular complexity index is 1120. The number of carbonyl (C=O) groups excluding carboxylic acids is 1. The van der Waals surface area contributed by atoms with Gasteiger partial charge in [0.05, 0.1) is 16.0 Å². The Morgan fingerprint density at radius 1 is 1.35 bits per heavy atom. The van der Waals surface area contributed by atoms with Crippen LogP contribution in [0.25, 0.3) is 1.43 Å². The van der Waals surface area contributed by atoms with E-state index in [1.165, 1.54) is 0 Å². The third kappa shape index (κ3) is 3.05. The molecule has 0 radical (unpaired) electrons. The molecular weight excluding hydrogens is 322 g/mol. The van der Waals surface area contributed by atoms with Crippen LogP contribution < -0.4 is 5.72 Å². The summed E-state index contributed by atoms with van der Waals surface area (Å²) in [4.78, 5) is 25.1. The van der Waals surface area contributed by atoms with Gasteiger partial charge in [-0.2, -0.15) is 0 Å². The Labute approximate surface area is 141 Å². The fourth-order valence-corrected chi connectivity index (χ4v) is 1.49. The number of hydrogen-bond donors (Lipinski definition) is 2. The number of carbonyl (C=O) groups is 2. The van der Waals surface area contributed by atoms with Crippen molar-refractivity contribution < 1.29 is 29.9 Å². The summed E-state index contributed by atoms with van der Waals surface area (Å²) in [5.41, 5.74) is -4.67. The second kappa shape index (κ2) is 5.88. The van der Waals surface area contributed by atoms with Gasteiger partial charge in [-0.1, -0.05) is 28.0 Å². The Morgan fingerprint density at radius 2 is 2.10 bits per heavy atom. The average Bonchev–Trinajstić information content (AvgIpc) is 2.73. The molecule has 0 saturated heterocycles. The molecular formula is C15H12BrNO3. The van der Waals surface area contributed by atoms with Crippen LogP contribution in [-0.2, 0) is 11.2 Å². The highest BCUT2D eigenvalue weighted by Gasteiger charge is 2.15. The molecule has 20 heavy (non-hydrogen) atoms. The summed E-state index contributed by atoms with van der Waals surface area (Å²) in [6.45, 7) is 0. The van der Waals surface area contributed by atoms with Crippen molar-refractivity contribution in [2.75, 3.05) is 5.72 Å². The highest BCUT2D eigenvalue weighted by atomic mass is 79.9. The number of rotatable bonds is 5. The molecule has 0 heterocycles. The minimum Gasteiger partial charge on any atom is -0.481 e. The van der Waals surface area contributed by atoms with Crippen LogP contribution in [0.5, 0.6) is 0 Å². The number of para-hydroxylation sites is 1. The number of anilines is 1. The minimum absolute atomic E-state index is 0.268. The number of benzene rings is 2. The second-order valence-corrected chi connectivity index (χ2v) is 4.20. The van der Waals surface area contributed by atoms with Crippen molar-refractivity contribution in [3.8, 4) is 0 Å². The van der Waals surface area contributed by atoms with E-state index >= 15 is 0 Å². The summed E-state index contributed by atoms with van der Waals surface area (Å²) in [6, 6.07) is -6.31. The zero-order valence-corrected chi connectivity index (χ0v) is 11.1. The third-order valence-electron chi connectivity index (χ3n) is 2.12. The lowest BCUT2D eigenvalue weighted by Gasteiger charge is -2.09. The smallest absolute Gasteiger partial charge is 0.307 e. The van der Waals surface area contributed by atoms with Crippen LogP contribution in [-0.4, -0.2) is 16.9 Å². The number of aliphatic carboxylic acids is 1. The molecule has 2 aromatic rings. The van der Waals surface area contributed by atoms with E-state index in [0.29, 0.717) is 0 Å². The normalized spacial score (nSPS) is 19.1. The first-order valence-corrected chi connectivity index (χ1v) is 5.82. The maximum atomic E-state index is 13.3. The first-order chi connectivity index (χ1) is 14.6. The van der Waals surface area contributed by atoms with E-state index in [4.69, 9.17) is 16.6 Å². The first-order valence-electron chi connectivity index (χ1n) is 10.8. The van der Waals surface area contributed by atoms with Crippen LogP contribution in [0.15, 0.2) is 46.8 Å². The van der Waals surface area contributed by atoms with Crippen LogP contribution in [0.4, 0.5) is 5.69 Å². The van der Waals surface area contributed by atoms with Crippen LogP contribution in [0, 0.1) is 0 Å². The Kier molecular flexibility index (Phi) is 1.57. The largest absolute Gasteiger partial charge is 0.481 e. The van der Waals surface area contributed by atoms with Crippen LogP contribution in [0.1, 0.15) is 33.8 Å². The average molecular weight is 346 g/mol. The van der Waals surface area contributed by atoms with E-state index < -0.39 is 82.8 Å². The van der Waals surface area contributed by atoms with Gasteiger partial charge in [-0.25, -0.2) is 0 Å². The highest BCUT2D eigenvalue weighted by molar-refractivity contribution is 9.10. The summed E-state index contributed by atoms with van der Waals surface area (Å²) in [5.74, 6) is -3.36. The van der Waals surface area contributed by atoms with Gasteiger partial charge in [0.15, 0.2) is 8.61 Å². The van der Waals surface area contributed by atoms with E-state index in [2.05, 4.69) is 21.0 Å². The lowest BCUT2D eigenvalue weighted by molar-refractivity contribution is -0.136. The molecule has 0 aliphatic carbocycles. The highest BCUT2D eigenvalue weighted by Crippen LogP contribution is 2.22. The lowest BCUT2D eigenvalue weighted by Crippen LogP contribution is -2.10. The SMILES string of the molecule is [2H]OC(=O)C([2H])([2H])c1c([2H])c([2H])c([2H])c(C(=O)c2c([2H])c([2H])c(Br)c([2H])c2[2H])c1N([2H])[2H]. The number of hydrogen-bond acceptors (Lipinski definition) is 4. The molecule has 4 nitrogen and oxygen atoms in total. The van der Waals surface area contributed by atoms with Gasteiger partial charge < -0.3 is 10.8 Å². The van der Waals surface area contributed by atoms with E-state index in [-0.39, 0.29) is 10.2 Å². The summed E-state index contributed by atoms with van der Waals surface area (Å²) in [5, 5.41) is 3.60. The molecule has 0 aliphatic heterocycles. The van der Waals surface area contributed by atoms with Gasteiger partial charge in [-0.05, 0) is 35.8 Å². The van der Waals surface area contributed by atoms with E-state index in [1.807, 2.05) is 0 Å². The summed E-state index contributed by atoms with van der Waals surface area (Å²) < 4.78 is 93.0. The van der Waals surface area contributed by atoms with Crippen LogP contribution >= 0.6 is 15.9 Å². The molecule has 0 bridgehead atoms. The van der Waals surface area contributed by atoms with Gasteiger partial charge in [0, 0.05) is 24.0 Å². The van der Waals surface area contributed by atoms with Gasteiger partial charge in [0.25, 0.3) is 1.43 Å². The van der Waals surface area contributed by atoms with Crippen molar-refractivity contribution in [3.63, 3.8) is 0 Å². The van der Waals surface area contributed by atoms with Crippen LogP contribution in [0.3, 0.4) is 0 Å². The van der Waals surface area contributed by atoms with Crippen molar-refractivity contribution in [1.82, 2.24) is 0 Å². The van der Waals surface area contributed by atoms with Crippen LogP contribution in [0.2, 0.25) is 2.82 Å². The molecule has 2 aromatic carbocycles. The molecule has 0 atom stereocenters. The maximum absolute atomic E-state index is 13.3. The quantitative estimate of drug-likeness (QED) is 0.644. The van der Waals surface area contributed by atoms with Gasteiger partial charge in [-0.3, -0.25) is 9.59 Å². The lowest BCUT2D eigenvalue weighted by atomic mass is 9.98. The Hall–Kier alpha value is -2.14. The molecule has 5 heteroatoms.